The molecule has 2 amide bonds. The van der Waals surface area contributed by atoms with E-state index in [4.69, 9.17) is 55.9 Å². The third-order valence-electron chi connectivity index (χ3n) is 4.43. The van der Waals surface area contributed by atoms with Gasteiger partial charge < -0.3 is 9.47 Å². The van der Waals surface area contributed by atoms with Gasteiger partial charge in [-0.2, -0.15) is 8.61 Å². The summed E-state index contributed by atoms with van der Waals surface area (Å²) in [6.45, 7) is 0. The fourth-order valence-corrected chi connectivity index (χ4v) is 7.51. The first-order valence-corrected chi connectivity index (χ1v) is 12.9. The van der Waals surface area contributed by atoms with Gasteiger partial charge in [-0.05, 0) is 36.4 Å². The maximum Gasteiger partial charge on any atom is 0.352 e. The van der Waals surface area contributed by atoms with Crippen molar-refractivity contribution in [3.05, 3.63) is 56.5 Å². The smallest absolute Gasteiger partial charge is 0.352 e. The zero-order chi connectivity index (χ0) is 24.0. The summed E-state index contributed by atoms with van der Waals surface area (Å²) >= 11 is 23.7. The number of halogens is 4. The first kappa shape index (κ1) is 25.3. The molecule has 2 aromatic rings. The molecule has 0 spiro atoms. The van der Waals surface area contributed by atoms with Crippen molar-refractivity contribution < 1.29 is 31.1 Å². The number of hydrogen-bond donors (Lipinski definition) is 0. The van der Waals surface area contributed by atoms with E-state index in [2.05, 4.69) is 0 Å². The standard InChI is InChI=1S/C17H14Cl4N2O7S2/c1-29-15-16(30-2)23(32(27,28)14-6-4-10(19)8-12(14)21)17(24)22(15)31(25,26)13-5-3-9(18)7-11(13)20/h3-8,15-16H,1-2H3/t15-,16-/m1/s1. The number of methoxy groups -OCH3 is 2. The van der Waals surface area contributed by atoms with Crippen molar-refractivity contribution in [1.29, 1.82) is 0 Å². The average Bonchev–Trinajstić information content (AvgIpc) is 3.00. The number of ether oxygens (including phenoxy) is 2. The number of hydrogen-bond acceptors (Lipinski definition) is 7. The fourth-order valence-electron chi connectivity index (χ4n) is 3.03. The Morgan fingerprint density at radius 3 is 1.34 bits per heavy atom. The molecular formula is C17H14Cl4N2O7S2. The summed E-state index contributed by atoms with van der Waals surface area (Å²) in [4.78, 5) is 12.3. The van der Waals surface area contributed by atoms with E-state index in [0.29, 0.717) is 0 Å². The molecule has 174 valence electrons. The van der Waals surface area contributed by atoms with Gasteiger partial charge in [-0.1, -0.05) is 46.4 Å². The highest BCUT2D eigenvalue weighted by atomic mass is 35.5. The van der Waals surface area contributed by atoms with Crippen LogP contribution in [0.15, 0.2) is 46.2 Å². The van der Waals surface area contributed by atoms with E-state index in [1.807, 2.05) is 0 Å². The molecule has 0 aromatic heterocycles. The minimum Gasteiger partial charge on any atom is -0.356 e. The minimum atomic E-state index is -4.70. The fraction of sp³-hybridized carbons (Fsp3) is 0.235. The van der Waals surface area contributed by atoms with Crippen LogP contribution in [0.4, 0.5) is 4.79 Å². The lowest BCUT2D eigenvalue weighted by atomic mass is 10.4. The van der Waals surface area contributed by atoms with Gasteiger partial charge in [0.2, 0.25) is 0 Å². The van der Waals surface area contributed by atoms with E-state index < -0.39 is 48.3 Å². The minimum absolute atomic E-state index is 0.154. The summed E-state index contributed by atoms with van der Waals surface area (Å²) < 4.78 is 64.0. The lowest BCUT2D eigenvalue weighted by molar-refractivity contribution is -0.0767. The Morgan fingerprint density at radius 1 is 0.719 bits per heavy atom. The Balaban J connectivity index is 2.18. The van der Waals surface area contributed by atoms with Gasteiger partial charge in [0.15, 0.2) is 12.5 Å². The molecule has 0 N–H and O–H groups in total. The molecule has 1 heterocycles. The van der Waals surface area contributed by atoms with E-state index in [0.717, 1.165) is 38.5 Å². The summed E-state index contributed by atoms with van der Waals surface area (Å²) in [6.07, 6.45) is -3.35. The molecule has 1 aliphatic heterocycles. The zero-order valence-corrected chi connectivity index (χ0v) is 20.9. The van der Waals surface area contributed by atoms with Crippen LogP contribution >= 0.6 is 46.4 Å². The van der Waals surface area contributed by atoms with Gasteiger partial charge in [0.25, 0.3) is 20.0 Å². The van der Waals surface area contributed by atoms with Crippen LogP contribution < -0.4 is 0 Å². The van der Waals surface area contributed by atoms with E-state index in [1.165, 1.54) is 12.1 Å². The normalized spacial score (nSPS) is 19.6. The second-order valence-electron chi connectivity index (χ2n) is 6.29. The second-order valence-corrected chi connectivity index (χ2v) is 11.5. The van der Waals surface area contributed by atoms with Crippen LogP contribution in [-0.4, -0.2) is 58.2 Å². The number of sulfonamides is 2. The molecule has 1 fully saturated rings. The van der Waals surface area contributed by atoms with Crippen LogP contribution in [0, 0.1) is 0 Å². The molecule has 3 rings (SSSR count). The van der Waals surface area contributed by atoms with Gasteiger partial charge in [0.1, 0.15) is 9.79 Å². The number of rotatable bonds is 6. The second kappa shape index (κ2) is 9.15. The van der Waals surface area contributed by atoms with Crippen molar-refractivity contribution in [2.24, 2.45) is 0 Å². The zero-order valence-electron chi connectivity index (χ0n) is 16.2. The molecule has 0 unspecified atom stereocenters. The Kier molecular flexibility index (Phi) is 7.24. The van der Waals surface area contributed by atoms with E-state index in [-0.39, 0.29) is 28.7 Å². The van der Waals surface area contributed by atoms with Crippen LogP contribution in [0.2, 0.25) is 20.1 Å². The first-order chi connectivity index (χ1) is 14.9. The lowest BCUT2D eigenvalue weighted by Crippen LogP contribution is -2.43. The summed E-state index contributed by atoms with van der Waals surface area (Å²) in [6, 6.07) is 5.52. The Hall–Kier alpha value is -1.31. The summed E-state index contributed by atoms with van der Waals surface area (Å²) in [5.41, 5.74) is 0. The predicted octanol–water partition coefficient (Wildman–Crippen LogP) is 4.06. The van der Waals surface area contributed by atoms with E-state index >= 15 is 0 Å². The number of benzene rings is 2. The van der Waals surface area contributed by atoms with Crippen LogP contribution in [0.5, 0.6) is 0 Å². The van der Waals surface area contributed by atoms with Crippen LogP contribution in [0.3, 0.4) is 0 Å². The summed E-state index contributed by atoms with van der Waals surface area (Å²) in [5, 5.41) is -0.255. The summed E-state index contributed by atoms with van der Waals surface area (Å²) in [7, 11) is -7.24. The van der Waals surface area contributed by atoms with Crippen molar-refractivity contribution >= 4 is 72.5 Å². The van der Waals surface area contributed by atoms with Gasteiger partial charge in [0.05, 0.1) is 10.0 Å². The number of nitrogens with zero attached hydrogens (tertiary/aromatic N) is 2. The van der Waals surface area contributed by atoms with Crippen LogP contribution in [0.1, 0.15) is 0 Å². The van der Waals surface area contributed by atoms with Gasteiger partial charge in [-0.3, -0.25) is 0 Å². The van der Waals surface area contributed by atoms with Crippen molar-refractivity contribution in [3.8, 4) is 0 Å². The van der Waals surface area contributed by atoms with E-state index in [1.54, 1.807) is 0 Å². The molecule has 1 aliphatic rings. The Morgan fingerprint density at radius 2 is 1.06 bits per heavy atom. The van der Waals surface area contributed by atoms with Crippen LogP contribution in [-0.2, 0) is 29.5 Å². The highest BCUT2D eigenvalue weighted by Crippen LogP contribution is 2.38. The van der Waals surface area contributed by atoms with Crippen molar-refractivity contribution in [2.75, 3.05) is 14.2 Å². The third kappa shape index (κ3) is 4.16. The molecule has 0 saturated carbocycles. The first-order valence-electron chi connectivity index (χ1n) is 8.46. The molecule has 1 saturated heterocycles. The number of urea groups is 1. The van der Waals surface area contributed by atoms with E-state index in [9.17, 15) is 21.6 Å². The third-order valence-corrected chi connectivity index (χ3v) is 9.33. The number of amides is 2. The topological polar surface area (TPSA) is 110 Å². The summed E-state index contributed by atoms with van der Waals surface area (Å²) in [5.74, 6) is 0. The van der Waals surface area contributed by atoms with Gasteiger partial charge in [-0.15, -0.1) is 0 Å². The highest BCUT2D eigenvalue weighted by molar-refractivity contribution is 7.91. The molecule has 2 atom stereocenters. The SMILES string of the molecule is CO[C@@H]1[C@@H](OC)N(S(=O)(=O)c2ccc(Cl)cc2Cl)C(=O)N1S(=O)(=O)c1ccc(Cl)cc1Cl. The van der Waals surface area contributed by atoms with Crippen LogP contribution in [0.25, 0.3) is 0 Å². The molecule has 0 bridgehead atoms. The Labute approximate surface area is 204 Å². The van der Waals surface area contributed by atoms with Gasteiger partial charge in [0, 0.05) is 24.3 Å². The highest BCUT2D eigenvalue weighted by Gasteiger charge is 2.57. The Bertz CT molecular complexity index is 1190. The van der Waals surface area contributed by atoms with Crippen molar-refractivity contribution in [3.63, 3.8) is 0 Å². The van der Waals surface area contributed by atoms with Crippen molar-refractivity contribution in [1.82, 2.24) is 8.61 Å². The number of carbonyl (C=O) groups excluding carboxylic acids is 1. The number of carbonyl (C=O) groups is 1. The predicted molar refractivity (Wildman–Crippen MR) is 118 cm³/mol. The van der Waals surface area contributed by atoms with Gasteiger partial charge >= 0.3 is 6.03 Å². The molecule has 0 aliphatic carbocycles. The maximum absolute atomic E-state index is 13.3. The largest absolute Gasteiger partial charge is 0.356 e. The quantitative estimate of drug-likeness (QED) is 0.521. The molecule has 2 aromatic carbocycles. The maximum atomic E-state index is 13.3. The molecule has 9 nitrogen and oxygen atoms in total. The average molecular weight is 564 g/mol. The van der Waals surface area contributed by atoms with Crippen molar-refractivity contribution in [2.45, 2.75) is 22.2 Å². The molecular weight excluding hydrogens is 550 g/mol. The molecule has 15 heteroatoms. The lowest BCUT2D eigenvalue weighted by Gasteiger charge is -2.25. The van der Waals surface area contributed by atoms with Gasteiger partial charge in [-0.25, -0.2) is 21.6 Å². The monoisotopic (exact) mass is 562 g/mol. The molecule has 32 heavy (non-hydrogen) atoms. The molecule has 0 radical (unpaired) electrons.